The largest absolute Gasteiger partial charge is 0.480 e. The fourth-order valence-corrected chi connectivity index (χ4v) is 2.54. The number of amides is 1. The summed E-state index contributed by atoms with van der Waals surface area (Å²) in [6.07, 6.45) is -0.120. The average Bonchev–Trinajstić information content (AvgIpc) is 2.85. The Balaban J connectivity index is 1.73. The van der Waals surface area contributed by atoms with Crippen molar-refractivity contribution in [3.8, 4) is 5.75 Å². The molecule has 0 spiro atoms. The van der Waals surface area contributed by atoms with E-state index in [0.717, 1.165) is 5.56 Å². The normalized spacial score (nSPS) is 16.2. The highest BCUT2D eigenvalue weighted by Gasteiger charge is 2.29. The first kappa shape index (κ1) is 13.9. The highest BCUT2D eigenvalue weighted by molar-refractivity contribution is 6.30. The Morgan fingerprint density at radius 1 is 1.33 bits per heavy atom. The molecule has 1 N–H and O–H groups in total. The van der Waals surface area contributed by atoms with Crippen molar-refractivity contribution in [1.29, 1.82) is 0 Å². The zero-order valence-corrected chi connectivity index (χ0v) is 12.1. The number of hydrogen-bond acceptors (Lipinski definition) is 2. The van der Waals surface area contributed by atoms with Gasteiger partial charge in [0.15, 0.2) is 6.10 Å². The van der Waals surface area contributed by atoms with Crippen LogP contribution < -0.4 is 10.1 Å². The number of carbonyl (C=O) groups excluding carboxylic acids is 1. The van der Waals surface area contributed by atoms with Gasteiger partial charge in [-0.3, -0.25) is 4.79 Å². The minimum Gasteiger partial charge on any atom is -0.480 e. The van der Waals surface area contributed by atoms with Gasteiger partial charge in [0.2, 0.25) is 0 Å². The second kappa shape index (κ2) is 5.37. The number of ether oxygens (including phenoxy) is 1. The molecule has 5 heteroatoms. The molecule has 0 bridgehead atoms. The molecule has 2 aromatic rings. The molecular formula is C16H13ClFNO2. The first-order valence-corrected chi connectivity index (χ1v) is 6.93. The highest BCUT2D eigenvalue weighted by atomic mass is 35.5. The van der Waals surface area contributed by atoms with Gasteiger partial charge in [-0.2, -0.15) is 0 Å². The van der Waals surface area contributed by atoms with E-state index in [0.29, 0.717) is 28.4 Å². The van der Waals surface area contributed by atoms with E-state index in [9.17, 15) is 9.18 Å². The minimum atomic E-state index is -0.595. The topological polar surface area (TPSA) is 38.3 Å². The average molecular weight is 306 g/mol. The van der Waals surface area contributed by atoms with Crippen molar-refractivity contribution < 1.29 is 13.9 Å². The number of rotatable bonds is 2. The quantitative estimate of drug-likeness (QED) is 0.918. The summed E-state index contributed by atoms with van der Waals surface area (Å²) in [6, 6.07) is 9.51. The summed E-state index contributed by atoms with van der Waals surface area (Å²) in [7, 11) is 0. The summed E-state index contributed by atoms with van der Waals surface area (Å²) >= 11 is 5.92. The lowest BCUT2D eigenvalue weighted by atomic mass is 10.1. The van der Waals surface area contributed by atoms with E-state index in [4.69, 9.17) is 16.3 Å². The van der Waals surface area contributed by atoms with Crippen molar-refractivity contribution in [1.82, 2.24) is 0 Å². The molecule has 1 atom stereocenters. The molecule has 0 radical (unpaired) electrons. The van der Waals surface area contributed by atoms with Crippen LogP contribution in [0.15, 0.2) is 36.4 Å². The van der Waals surface area contributed by atoms with Gasteiger partial charge in [0, 0.05) is 17.1 Å². The van der Waals surface area contributed by atoms with E-state index in [-0.39, 0.29) is 11.7 Å². The molecule has 0 saturated heterocycles. The zero-order chi connectivity index (χ0) is 15.0. The molecule has 3 rings (SSSR count). The number of aryl methyl sites for hydroxylation is 1. The van der Waals surface area contributed by atoms with Crippen molar-refractivity contribution in [2.45, 2.75) is 19.4 Å². The molecule has 1 amide bonds. The molecule has 1 aliphatic rings. The maximum absolute atomic E-state index is 13.1. The molecule has 0 aliphatic carbocycles. The molecule has 108 valence electrons. The zero-order valence-electron chi connectivity index (χ0n) is 11.3. The smallest absolute Gasteiger partial charge is 0.265 e. The highest BCUT2D eigenvalue weighted by Crippen LogP contribution is 2.31. The maximum atomic E-state index is 13.1. The Hall–Kier alpha value is -2.07. The number of hydrogen-bond donors (Lipinski definition) is 1. The summed E-state index contributed by atoms with van der Waals surface area (Å²) in [5.41, 5.74) is 2.17. The van der Waals surface area contributed by atoms with Gasteiger partial charge in [-0.15, -0.1) is 0 Å². The first-order chi connectivity index (χ1) is 10.0. The molecule has 1 heterocycles. The van der Waals surface area contributed by atoms with Crippen LogP contribution >= 0.6 is 11.6 Å². The van der Waals surface area contributed by atoms with E-state index in [1.54, 1.807) is 31.2 Å². The van der Waals surface area contributed by atoms with Crippen LogP contribution in [0.5, 0.6) is 5.75 Å². The molecular weight excluding hydrogens is 293 g/mol. The van der Waals surface area contributed by atoms with E-state index in [1.165, 1.54) is 12.1 Å². The van der Waals surface area contributed by atoms with E-state index >= 15 is 0 Å². The van der Waals surface area contributed by atoms with Gasteiger partial charge in [0.1, 0.15) is 11.6 Å². The van der Waals surface area contributed by atoms with Gasteiger partial charge in [-0.05, 0) is 54.4 Å². The molecule has 0 aromatic heterocycles. The van der Waals surface area contributed by atoms with Gasteiger partial charge in [0.25, 0.3) is 5.91 Å². The standard InChI is InChI=1S/C16H13ClFNO2/c1-9-6-12(18)3-4-13(9)19-16(20)15-8-10-7-11(17)2-5-14(10)21-15/h2-7,15H,8H2,1H3,(H,19,20). The second-order valence-electron chi connectivity index (χ2n) is 5.01. The third kappa shape index (κ3) is 2.85. The van der Waals surface area contributed by atoms with Crippen LogP contribution in [0.25, 0.3) is 0 Å². The van der Waals surface area contributed by atoms with Gasteiger partial charge in [0.05, 0.1) is 0 Å². The van der Waals surface area contributed by atoms with E-state index in [2.05, 4.69) is 5.32 Å². The third-order valence-corrected chi connectivity index (χ3v) is 3.67. The summed E-state index contributed by atoms with van der Waals surface area (Å²) in [4.78, 5) is 12.2. The monoisotopic (exact) mass is 305 g/mol. The minimum absolute atomic E-state index is 0.253. The van der Waals surface area contributed by atoms with E-state index < -0.39 is 6.10 Å². The number of benzene rings is 2. The van der Waals surface area contributed by atoms with Gasteiger partial charge in [-0.25, -0.2) is 4.39 Å². The van der Waals surface area contributed by atoms with Gasteiger partial charge in [-0.1, -0.05) is 11.6 Å². The molecule has 3 nitrogen and oxygen atoms in total. The number of nitrogens with one attached hydrogen (secondary N) is 1. The Morgan fingerprint density at radius 3 is 2.90 bits per heavy atom. The Morgan fingerprint density at radius 2 is 2.14 bits per heavy atom. The van der Waals surface area contributed by atoms with Crippen LogP contribution in [-0.2, 0) is 11.2 Å². The van der Waals surface area contributed by atoms with E-state index in [1.807, 2.05) is 0 Å². The van der Waals surface area contributed by atoms with Gasteiger partial charge < -0.3 is 10.1 Å². The second-order valence-corrected chi connectivity index (χ2v) is 5.45. The maximum Gasteiger partial charge on any atom is 0.265 e. The summed E-state index contributed by atoms with van der Waals surface area (Å²) in [5, 5.41) is 3.38. The fraction of sp³-hybridized carbons (Fsp3) is 0.188. The van der Waals surface area contributed by atoms with Crippen molar-refractivity contribution >= 4 is 23.2 Å². The van der Waals surface area contributed by atoms with Crippen LogP contribution in [0.3, 0.4) is 0 Å². The lowest BCUT2D eigenvalue weighted by Gasteiger charge is -2.13. The van der Waals surface area contributed by atoms with Crippen molar-refractivity contribution in [3.05, 3.63) is 58.4 Å². The van der Waals surface area contributed by atoms with Crippen molar-refractivity contribution in [2.24, 2.45) is 0 Å². The molecule has 1 unspecified atom stereocenters. The molecule has 0 fully saturated rings. The third-order valence-electron chi connectivity index (χ3n) is 3.44. The molecule has 2 aromatic carbocycles. The van der Waals surface area contributed by atoms with Crippen LogP contribution in [0.1, 0.15) is 11.1 Å². The number of anilines is 1. The Labute approximate surface area is 126 Å². The summed E-state index contributed by atoms with van der Waals surface area (Å²) in [5.74, 6) is 0.0945. The number of carbonyl (C=O) groups is 1. The van der Waals surface area contributed by atoms with Gasteiger partial charge >= 0.3 is 0 Å². The summed E-state index contributed by atoms with van der Waals surface area (Å²) in [6.45, 7) is 1.74. The van der Waals surface area contributed by atoms with Crippen LogP contribution in [0.2, 0.25) is 5.02 Å². The Bertz CT molecular complexity index is 717. The molecule has 0 saturated carbocycles. The Kier molecular flexibility index (Phi) is 3.55. The van der Waals surface area contributed by atoms with Crippen LogP contribution in [0, 0.1) is 12.7 Å². The summed E-state index contributed by atoms with van der Waals surface area (Å²) < 4.78 is 18.7. The number of fused-ring (bicyclic) bond motifs is 1. The molecule has 21 heavy (non-hydrogen) atoms. The van der Waals surface area contributed by atoms with Crippen molar-refractivity contribution in [3.63, 3.8) is 0 Å². The number of halogens is 2. The fourth-order valence-electron chi connectivity index (χ4n) is 2.34. The predicted molar refractivity (Wildman–Crippen MR) is 79.3 cm³/mol. The van der Waals surface area contributed by atoms with Crippen LogP contribution in [-0.4, -0.2) is 12.0 Å². The SMILES string of the molecule is Cc1cc(F)ccc1NC(=O)C1Cc2cc(Cl)ccc2O1. The lowest BCUT2D eigenvalue weighted by Crippen LogP contribution is -2.31. The lowest BCUT2D eigenvalue weighted by molar-refractivity contribution is -0.122. The van der Waals surface area contributed by atoms with Crippen LogP contribution in [0.4, 0.5) is 10.1 Å². The molecule has 1 aliphatic heterocycles. The predicted octanol–water partition coefficient (Wildman–Crippen LogP) is 3.73. The first-order valence-electron chi connectivity index (χ1n) is 6.55. The van der Waals surface area contributed by atoms with Crippen molar-refractivity contribution in [2.75, 3.05) is 5.32 Å².